The molecule has 1 aromatic carbocycles. The SMILES string of the molecule is Cc1ccc(N(C)CCCC(C)(C)C(N)=S)c(C)c1. The Labute approximate surface area is 123 Å². The number of hydrogen-bond donors (Lipinski definition) is 1. The van der Waals surface area contributed by atoms with Gasteiger partial charge in [-0.05, 0) is 38.3 Å². The van der Waals surface area contributed by atoms with E-state index >= 15 is 0 Å². The summed E-state index contributed by atoms with van der Waals surface area (Å²) >= 11 is 5.10. The maximum atomic E-state index is 5.76. The van der Waals surface area contributed by atoms with Gasteiger partial charge in [-0.3, -0.25) is 0 Å². The second-order valence-electron chi connectivity index (χ2n) is 6.06. The lowest BCUT2D eigenvalue weighted by Gasteiger charge is -2.26. The molecular formula is C16H26N2S. The minimum atomic E-state index is -0.0432. The monoisotopic (exact) mass is 278 g/mol. The molecule has 1 aromatic rings. The predicted molar refractivity (Wildman–Crippen MR) is 89.0 cm³/mol. The number of thiocarbonyl (C=S) groups is 1. The number of anilines is 1. The lowest BCUT2D eigenvalue weighted by atomic mass is 9.88. The molecule has 0 saturated heterocycles. The van der Waals surface area contributed by atoms with Gasteiger partial charge in [0.05, 0.1) is 4.99 Å². The molecule has 0 aliphatic rings. The van der Waals surface area contributed by atoms with Gasteiger partial charge in [-0.15, -0.1) is 0 Å². The molecule has 0 amide bonds. The average molecular weight is 278 g/mol. The van der Waals surface area contributed by atoms with E-state index < -0.39 is 0 Å². The van der Waals surface area contributed by atoms with Crippen molar-refractivity contribution in [2.75, 3.05) is 18.5 Å². The molecule has 0 atom stereocenters. The Kier molecular flexibility index (Phi) is 5.36. The molecule has 0 heterocycles. The zero-order valence-corrected chi connectivity index (χ0v) is 13.6. The Bertz CT molecular complexity index is 452. The topological polar surface area (TPSA) is 29.3 Å². The summed E-state index contributed by atoms with van der Waals surface area (Å²) in [6.07, 6.45) is 2.12. The molecule has 1 rings (SSSR count). The van der Waals surface area contributed by atoms with Crippen LogP contribution in [0.25, 0.3) is 0 Å². The highest BCUT2D eigenvalue weighted by molar-refractivity contribution is 7.80. The Morgan fingerprint density at radius 2 is 1.95 bits per heavy atom. The minimum Gasteiger partial charge on any atom is -0.393 e. The van der Waals surface area contributed by atoms with Crippen LogP contribution in [0.15, 0.2) is 18.2 Å². The zero-order chi connectivity index (χ0) is 14.6. The maximum absolute atomic E-state index is 5.76. The van der Waals surface area contributed by atoms with Crippen LogP contribution in [0.1, 0.15) is 37.8 Å². The van der Waals surface area contributed by atoms with E-state index in [0.717, 1.165) is 19.4 Å². The Morgan fingerprint density at radius 1 is 1.32 bits per heavy atom. The largest absolute Gasteiger partial charge is 0.393 e. The predicted octanol–water partition coefficient (Wildman–Crippen LogP) is 3.83. The van der Waals surface area contributed by atoms with Crippen molar-refractivity contribution >= 4 is 22.9 Å². The zero-order valence-electron chi connectivity index (χ0n) is 12.8. The van der Waals surface area contributed by atoms with E-state index in [1.54, 1.807) is 0 Å². The number of nitrogens with zero attached hydrogens (tertiary/aromatic N) is 1. The van der Waals surface area contributed by atoms with Crippen LogP contribution in [0.2, 0.25) is 0 Å². The molecular weight excluding hydrogens is 252 g/mol. The normalized spacial score (nSPS) is 11.4. The highest BCUT2D eigenvalue weighted by Crippen LogP contribution is 2.24. The van der Waals surface area contributed by atoms with Crippen LogP contribution in [0, 0.1) is 19.3 Å². The van der Waals surface area contributed by atoms with Crippen LogP contribution in [0.4, 0.5) is 5.69 Å². The summed E-state index contributed by atoms with van der Waals surface area (Å²) in [6.45, 7) is 9.55. The average Bonchev–Trinajstić information content (AvgIpc) is 2.28. The molecule has 0 aliphatic carbocycles. The lowest BCUT2D eigenvalue weighted by molar-refractivity contribution is 0.461. The van der Waals surface area contributed by atoms with Crippen molar-refractivity contribution in [3.63, 3.8) is 0 Å². The van der Waals surface area contributed by atoms with Gasteiger partial charge in [-0.25, -0.2) is 0 Å². The summed E-state index contributed by atoms with van der Waals surface area (Å²) < 4.78 is 0. The summed E-state index contributed by atoms with van der Waals surface area (Å²) in [4.78, 5) is 2.92. The summed E-state index contributed by atoms with van der Waals surface area (Å²) in [5, 5.41) is 0. The van der Waals surface area contributed by atoms with Crippen molar-refractivity contribution in [3.8, 4) is 0 Å². The Morgan fingerprint density at radius 3 is 2.47 bits per heavy atom. The molecule has 0 fully saturated rings. The van der Waals surface area contributed by atoms with Gasteiger partial charge in [0.1, 0.15) is 0 Å². The van der Waals surface area contributed by atoms with E-state index in [1.807, 2.05) is 0 Å². The Hall–Kier alpha value is -1.09. The maximum Gasteiger partial charge on any atom is 0.0784 e. The van der Waals surface area contributed by atoms with Crippen LogP contribution < -0.4 is 10.6 Å². The van der Waals surface area contributed by atoms with Crippen LogP contribution in [-0.2, 0) is 0 Å². The van der Waals surface area contributed by atoms with Gasteiger partial charge in [0, 0.05) is 24.7 Å². The number of benzene rings is 1. The van der Waals surface area contributed by atoms with Crippen LogP contribution in [0.5, 0.6) is 0 Å². The summed E-state index contributed by atoms with van der Waals surface area (Å²) in [7, 11) is 2.14. The molecule has 0 aliphatic heterocycles. The third-order valence-electron chi connectivity index (χ3n) is 3.73. The summed E-state index contributed by atoms with van der Waals surface area (Å²) in [5.41, 5.74) is 9.66. The first kappa shape index (κ1) is 16.0. The standard InChI is InChI=1S/C16H26N2S/c1-12-7-8-14(13(2)11-12)18(5)10-6-9-16(3,4)15(17)19/h7-8,11H,6,9-10H2,1-5H3,(H2,17,19). The molecule has 0 aromatic heterocycles. The minimum absolute atomic E-state index is 0.0432. The van der Waals surface area contributed by atoms with Crippen LogP contribution in [-0.4, -0.2) is 18.6 Å². The second kappa shape index (κ2) is 6.38. The smallest absolute Gasteiger partial charge is 0.0784 e. The van der Waals surface area contributed by atoms with E-state index in [0.29, 0.717) is 4.99 Å². The molecule has 3 heteroatoms. The van der Waals surface area contributed by atoms with E-state index in [-0.39, 0.29) is 5.41 Å². The first-order valence-electron chi connectivity index (χ1n) is 6.82. The molecule has 2 nitrogen and oxygen atoms in total. The molecule has 19 heavy (non-hydrogen) atoms. The molecule has 0 unspecified atom stereocenters. The van der Waals surface area contributed by atoms with Gasteiger partial charge in [0.15, 0.2) is 0 Å². The highest BCUT2D eigenvalue weighted by atomic mass is 32.1. The van der Waals surface area contributed by atoms with Gasteiger partial charge >= 0.3 is 0 Å². The third-order valence-corrected chi connectivity index (χ3v) is 4.28. The first-order chi connectivity index (χ1) is 8.74. The van der Waals surface area contributed by atoms with Crippen molar-refractivity contribution < 1.29 is 0 Å². The van der Waals surface area contributed by atoms with Crippen molar-refractivity contribution in [3.05, 3.63) is 29.3 Å². The van der Waals surface area contributed by atoms with Crippen LogP contribution >= 0.6 is 12.2 Å². The van der Waals surface area contributed by atoms with E-state index in [2.05, 4.69) is 57.8 Å². The summed E-state index contributed by atoms with van der Waals surface area (Å²) in [6, 6.07) is 6.59. The molecule has 0 spiro atoms. The fraction of sp³-hybridized carbons (Fsp3) is 0.562. The van der Waals surface area contributed by atoms with Gasteiger partial charge in [0.25, 0.3) is 0 Å². The Balaban J connectivity index is 2.56. The number of nitrogens with two attached hydrogens (primary N) is 1. The van der Waals surface area contributed by atoms with Crippen molar-refractivity contribution in [1.29, 1.82) is 0 Å². The highest BCUT2D eigenvalue weighted by Gasteiger charge is 2.20. The number of aryl methyl sites for hydroxylation is 2. The number of rotatable bonds is 6. The molecule has 0 saturated carbocycles. The fourth-order valence-corrected chi connectivity index (χ4v) is 2.34. The van der Waals surface area contributed by atoms with Crippen molar-refractivity contribution in [2.24, 2.45) is 11.1 Å². The van der Waals surface area contributed by atoms with E-state index in [9.17, 15) is 0 Å². The third kappa shape index (κ3) is 4.50. The first-order valence-corrected chi connectivity index (χ1v) is 7.23. The van der Waals surface area contributed by atoms with Gasteiger partial charge < -0.3 is 10.6 Å². The van der Waals surface area contributed by atoms with Crippen molar-refractivity contribution in [2.45, 2.75) is 40.5 Å². The number of hydrogen-bond acceptors (Lipinski definition) is 2. The van der Waals surface area contributed by atoms with E-state index in [4.69, 9.17) is 18.0 Å². The van der Waals surface area contributed by atoms with Gasteiger partial charge in [0.2, 0.25) is 0 Å². The van der Waals surface area contributed by atoms with Gasteiger partial charge in [-0.2, -0.15) is 0 Å². The quantitative estimate of drug-likeness (QED) is 0.802. The molecule has 106 valence electrons. The lowest BCUT2D eigenvalue weighted by Crippen LogP contribution is -2.31. The van der Waals surface area contributed by atoms with E-state index in [1.165, 1.54) is 16.8 Å². The summed E-state index contributed by atoms with van der Waals surface area (Å²) in [5.74, 6) is 0. The molecule has 0 bridgehead atoms. The second-order valence-corrected chi connectivity index (χ2v) is 6.50. The van der Waals surface area contributed by atoms with Crippen LogP contribution in [0.3, 0.4) is 0 Å². The fourth-order valence-electron chi connectivity index (χ4n) is 2.24. The van der Waals surface area contributed by atoms with Gasteiger partial charge in [-0.1, -0.05) is 43.8 Å². The van der Waals surface area contributed by atoms with Crippen molar-refractivity contribution in [1.82, 2.24) is 0 Å². The molecule has 0 radical (unpaired) electrons. The molecule has 2 N–H and O–H groups in total.